The van der Waals surface area contributed by atoms with Gasteiger partial charge in [-0.05, 0) is 62.6 Å². The molecular weight excluding hydrogens is 438 g/mol. The number of halogens is 1. The molecule has 2 bridgehead atoms. The summed E-state index contributed by atoms with van der Waals surface area (Å²) in [5, 5.41) is 1.06. The van der Waals surface area contributed by atoms with Crippen LogP contribution in [0.3, 0.4) is 0 Å². The van der Waals surface area contributed by atoms with Crippen molar-refractivity contribution >= 4 is 51.9 Å². The summed E-state index contributed by atoms with van der Waals surface area (Å²) in [6.07, 6.45) is 4.54. The first-order valence-corrected chi connectivity index (χ1v) is 13.1. The molecule has 1 aromatic heterocycles. The summed E-state index contributed by atoms with van der Waals surface area (Å²) in [5.74, 6) is 4.64. The summed E-state index contributed by atoms with van der Waals surface area (Å²) < 4.78 is 0.387. The molecule has 5 nitrogen and oxygen atoms in total. The van der Waals surface area contributed by atoms with E-state index in [2.05, 4.69) is 33.5 Å². The van der Waals surface area contributed by atoms with Gasteiger partial charge >= 0.3 is 0 Å². The summed E-state index contributed by atoms with van der Waals surface area (Å²) >= 11 is 10.4. The quantitative estimate of drug-likeness (QED) is 0.721. The minimum absolute atomic E-state index is 0.0940. The Bertz CT molecular complexity index is 1020. The maximum atomic E-state index is 13.4. The largest absolute Gasteiger partial charge is 0.335 e. The molecule has 2 aromatic rings. The lowest BCUT2D eigenvalue weighted by Crippen LogP contribution is -2.44. The summed E-state index contributed by atoms with van der Waals surface area (Å²) in [6, 6.07) is 5.07. The van der Waals surface area contributed by atoms with Gasteiger partial charge in [-0.3, -0.25) is 9.59 Å². The van der Waals surface area contributed by atoms with Gasteiger partial charge in [0, 0.05) is 29.0 Å². The smallest absolute Gasteiger partial charge is 0.258 e. The zero-order valence-corrected chi connectivity index (χ0v) is 19.4. The third-order valence-corrected chi connectivity index (χ3v) is 11.2. The molecule has 160 valence electrons. The van der Waals surface area contributed by atoms with Crippen molar-refractivity contribution in [2.75, 3.05) is 18.1 Å². The van der Waals surface area contributed by atoms with Gasteiger partial charge in [0.1, 0.15) is 5.82 Å². The SMILES string of the molecule is CCN(Cc1nc2cc(Cl)ccc2c(=O)[nH]1)C(=O)C1CC2CCC(C1)C21SCCS1. The van der Waals surface area contributed by atoms with Crippen molar-refractivity contribution in [1.29, 1.82) is 0 Å². The lowest BCUT2D eigenvalue weighted by molar-refractivity contribution is -0.137. The van der Waals surface area contributed by atoms with Crippen molar-refractivity contribution < 1.29 is 4.79 Å². The summed E-state index contributed by atoms with van der Waals surface area (Å²) in [5.41, 5.74) is 0.376. The van der Waals surface area contributed by atoms with E-state index in [4.69, 9.17) is 11.6 Å². The Morgan fingerprint density at radius 2 is 1.97 bits per heavy atom. The minimum Gasteiger partial charge on any atom is -0.335 e. The van der Waals surface area contributed by atoms with Gasteiger partial charge in [0.2, 0.25) is 5.91 Å². The van der Waals surface area contributed by atoms with Crippen LogP contribution in [0.4, 0.5) is 0 Å². The Labute approximate surface area is 189 Å². The Morgan fingerprint density at radius 3 is 2.63 bits per heavy atom. The number of H-pyrrole nitrogens is 1. The standard InChI is InChI=1S/C22H26ClN3O2S2/c1-2-26(12-19-24-18-11-16(23)5-6-17(18)20(27)25-19)21(28)13-9-14-3-4-15(10-13)22(14)29-7-8-30-22/h5-6,11,13-15H,2-4,7-10,12H2,1H3,(H,24,25,27). The van der Waals surface area contributed by atoms with E-state index < -0.39 is 0 Å². The van der Waals surface area contributed by atoms with Crippen LogP contribution in [0.2, 0.25) is 5.02 Å². The number of hydrogen-bond acceptors (Lipinski definition) is 5. The highest BCUT2D eigenvalue weighted by Gasteiger charge is 2.57. The molecule has 2 saturated carbocycles. The molecule has 2 atom stereocenters. The van der Waals surface area contributed by atoms with Gasteiger partial charge in [-0.2, -0.15) is 0 Å². The normalized spacial score (nSPS) is 27.1. The van der Waals surface area contributed by atoms with E-state index >= 15 is 0 Å². The number of carbonyl (C=O) groups excluding carboxylic acids is 1. The second-order valence-electron chi connectivity index (χ2n) is 8.58. The van der Waals surface area contributed by atoms with Crippen LogP contribution in [-0.4, -0.2) is 42.9 Å². The third kappa shape index (κ3) is 3.47. The van der Waals surface area contributed by atoms with Crippen LogP contribution in [0, 0.1) is 17.8 Å². The molecule has 5 rings (SSSR count). The lowest BCUT2D eigenvalue weighted by atomic mass is 9.79. The van der Waals surface area contributed by atoms with Gasteiger partial charge in [-0.25, -0.2) is 4.98 Å². The minimum atomic E-state index is -0.192. The van der Waals surface area contributed by atoms with Crippen LogP contribution < -0.4 is 5.56 Å². The van der Waals surface area contributed by atoms with Crippen molar-refractivity contribution in [2.24, 2.45) is 17.8 Å². The van der Waals surface area contributed by atoms with Crippen LogP contribution in [0.25, 0.3) is 10.9 Å². The van der Waals surface area contributed by atoms with Crippen LogP contribution in [-0.2, 0) is 11.3 Å². The van der Waals surface area contributed by atoms with E-state index in [1.165, 1.54) is 24.3 Å². The molecule has 2 aliphatic carbocycles. The topological polar surface area (TPSA) is 66.1 Å². The summed E-state index contributed by atoms with van der Waals surface area (Å²) in [6.45, 7) is 2.93. The number of thioether (sulfide) groups is 2. The lowest BCUT2D eigenvalue weighted by Gasteiger charge is -2.43. The number of nitrogens with one attached hydrogen (secondary N) is 1. The van der Waals surface area contributed by atoms with Gasteiger partial charge in [0.05, 0.1) is 21.5 Å². The number of hydrogen-bond donors (Lipinski definition) is 1. The Balaban J connectivity index is 1.34. The molecule has 2 unspecified atom stereocenters. The first-order chi connectivity index (χ1) is 14.5. The molecule has 1 amide bonds. The van der Waals surface area contributed by atoms with Crippen LogP contribution >= 0.6 is 35.1 Å². The zero-order valence-electron chi connectivity index (χ0n) is 17.0. The molecule has 3 aliphatic rings. The van der Waals surface area contributed by atoms with Crippen LogP contribution in [0.15, 0.2) is 23.0 Å². The molecule has 1 saturated heterocycles. The van der Waals surface area contributed by atoms with Crippen molar-refractivity contribution in [3.63, 3.8) is 0 Å². The first kappa shape index (κ1) is 20.7. The molecular formula is C22H26ClN3O2S2. The third-order valence-electron chi connectivity index (χ3n) is 6.98. The van der Waals surface area contributed by atoms with E-state index in [1.807, 2.05) is 11.8 Å². The number of aromatic amines is 1. The highest BCUT2D eigenvalue weighted by atomic mass is 35.5. The maximum absolute atomic E-state index is 13.4. The number of benzene rings is 1. The summed E-state index contributed by atoms with van der Waals surface area (Å²) in [4.78, 5) is 35.1. The number of rotatable bonds is 4. The fraction of sp³-hybridized carbons (Fsp3) is 0.591. The van der Waals surface area contributed by atoms with Gasteiger partial charge < -0.3 is 9.88 Å². The van der Waals surface area contributed by atoms with E-state index in [1.54, 1.807) is 18.2 Å². The first-order valence-electron chi connectivity index (χ1n) is 10.8. The number of aromatic nitrogens is 2. The second-order valence-corrected chi connectivity index (χ2v) is 12.0. The highest BCUT2D eigenvalue weighted by molar-refractivity contribution is 8.21. The summed E-state index contributed by atoms with van der Waals surface area (Å²) in [7, 11) is 0. The number of amides is 1. The molecule has 3 fully saturated rings. The number of nitrogens with zero attached hydrogens (tertiary/aromatic N) is 2. The van der Waals surface area contributed by atoms with Crippen molar-refractivity contribution in [1.82, 2.24) is 14.9 Å². The van der Waals surface area contributed by atoms with Gasteiger partial charge in [-0.15, -0.1) is 23.5 Å². The highest BCUT2D eigenvalue weighted by Crippen LogP contribution is 2.65. The predicted octanol–water partition coefficient (Wildman–Crippen LogP) is 4.54. The molecule has 1 N–H and O–H groups in total. The monoisotopic (exact) mass is 463 g/mol. The molecule has 8 heteroatoms. The maximum Gasteiger partial charge on any atom is 0.258 e. The van der Waals surface area contributed by atoms with Crippen LogP contribution in [0.1, 0.15) is 38.4 Å². The molecule has 0 radical (unpaired) electrons. The average Bonchev–Trinajstić information content (AvgIpc) is 3.26. The van der Waals surface area contributed by atoms with Crippen molar-refractivity contribution in [3.8, 4) is 0 Å². The van der Waals surface area contributed by atoms with Crippen molar-refractivity contribution in [3.05, 3.63) is 39.4 Å². The number of carbonyl (C=O) groups is 1. The van der Waals surface area contributed by atoms with Crippen LogP contribution in [0.5, 0.6) is 0 Å². The van der Waals surface area contributed by atoms with Gasteiger partial charge in [0.15, 0.2) is 0 Å². The number of fused-ring (bicyclic) bond motifs is 1. The van der Waals surface area contributed by atoms with Gasteiger partial charge in [-0.1, -0.05) is 11.6 Å². The van der Waals surface area contributed by atoms with E-state index in [9.17, 15) is 9.59 Å². The Hall–Kier alpha value is -1.18. The zero-order chi connectivity index (χ0) is 20.9. The fourth-order valence-electron chi connectivity index (χ4n) is 5.62. The van der Waals surface area contributed by atoms with Crippen molar-refractivity contribution in [2.45, 2.75) is 43.2 Å². The second kappa shape index (κ2) is 8.06. The van der Waals surface area contributed by atoms with E-state index in [0.29, 0.717) is 50.8 Å². The molecule has 30 heavy (non-hydrogen) atoms. The van der Waals surface area contributed by atoms with Gasteiger partial charge in [0.25, 0.3) is 5.56 Å². The fourth-order valence-corrected chi connectivity index (χ4v) is 9.73. The molecule has 1 spiro atoms. The molecule has 2 heterocycles. The average molecular weight is 464 g/mol. The molecule has 1 aliphatic heterocycles. The van der Waals surface area contributed by atoms with E-state index in [-0.39, 0.29) is 17.4 Å². The Morgan fingerprint density at radius 1 is 1.27 bits per heavy atom. The Kier molecular flexibility index (Phi) is 5.57. The predicted molar refractivity (Wildman–Crippen MR) is 125 cm³/mol. The van der Waals surface area contributed by atoms with E-state index in [0.717, 1.165) is 12.8 Å². The molecule has 1 aromatic carbocycles.